The second-order valence-electron chi connectivity index (χ2n) is 12.1. The first-order chi connectivity index (χ1) is 20.3. The van der Waals surface area contributed by atoms with E-state index in [4.69, 9.17) is 9.73 Å². The van der Waals surface area contributed by atoms with Gasteiger partial charge in [0.2, 0.25) is 0 Å². The highest BCUT2D eigenvalue weighted by molar-refractivity contribution is 7.16. The molecule has 212 valence electrons. The number of amides is 1. The fourth-order valence-corrected chi connectivity index (χ4v) is 7.02. The lowest BCUT2D eigenvalue weighted by Gasteiger charge is -2.33. The third-order valence-corrected chi connectivity index (χ3v) is 9.36. The molecule has 6 rings (SSSR count). The normalized spacial score (nSPS) is 15.1. The fraction of sp³-hybridized carbons (Fsp3) is 0.243. The van der Waals surface area contributed by atoms with Crippen LogP contribution < -0.4 is 10.1 Å². The van der Waals surface area contributed by atoms with E-state index in [0.29, 0.717) is 18.1 Å². The number of nitrogens with zero attached hydrogens (tertiary/aromatic N) is 1. The lowest BCUT2D eigenvalue weighted by Crippen LogP contribution is -2.27. The van der Waals surface area contributed by atoms with Gasteiger partial charge in [0.1, 0.15) is 17.4 Å². The van der Waals surface area contributed by atoms with E-state index in [1.54, 1.807) is 11.3 Å². The Kier molecular flexibility index (Phi) is 7.94. The van der Waals surface area contributed by atoms with Crippen LogP contribution in [0.5, 0.6) is 5.75 Å². The predicted octanol–water partition coefficient (Wildman–Crippen LogP) is 9.63. The van der Waals surface area contributed by atoms with Crippen LogP contribution in [0, 0.1) is 11.3 Å². The summed E-state index contributed by atoms with van der Waals surface area (Å²) < 4.78 is 6.21. The molecule has 1 N–H and O–H groups in total. The Morgan fingerprint density at radius 3 is 2.57 bits per heavy atom. The van der Waals surface area contributed by atoms with Crippen LogP contribution in [0.3, 0.4) is 0 Å². The van der Waals surface area contributed by atoms with Crippen molar-refractivity contribution in [1.29, 1.82) is 0 Å². The first-order valence-electron chi connectivity index (χ1n) is 14.6. The van der Waals surface area contributed by atoms with Gasteiger partial charge in [0.25, 0.3) is 5.91 Å². The molecule has 0 spiro atoms. The van der Waals surface area contributed by atoms with Crippen molar-refractivity contribution in [2.45, 2.75) is 46.6 Å². The number of hydrogen-bond acceptors (Lipinski definition) is 4. The van der Waals surface area contributed by atoms with Gasteiger partial charge < -0.3 is 10.1 Å². The number of carbonyl (C=O) groups is 1. The number of hydrogen-bond donors (Lipinski definition) is 1. The minimum Gasteiger partial charge on any atom is -0.489 e. The average Bonchev–Trinajstić information content (AvgIpc) is 3.37. The van der Waals surface area contributed by atoms with Gasteiger partial charge in [0, 0.05) is 16.8 Å². The molecule has 5 aromatic rings. The van der Waals surface area contributed by atoms with E-state index in [-0.39, 0.29) is 11.3 Å². The third-order valence-electron chi connectivity index (χ3n) is 8.19. The second kappa shape index (κ2) is 11.9. The molecule has 0 radical (unpaired) electrons. The van der Waals surface area contributed by atoms with Crippen molar-refractivity contribution < 1.29 is 9.53 Å². The molecule has 0 unspecified atom stereocenters. The summed E-state index contributed by atoms with van der Waals surface area (Å²) in [5, 5.41) is 6.28. The lowest BCUT2D eigenvalue weighted by atomic mass is 9.72. The molecule has 1 heterocycles. The Hall–Kier alpha value is -4.22. The van der Waals surface area contributed by atoms with Crippen molar-refractivity contribution in [2.75, 3.05) is 5.32 Å². The highest BCUT2D eigenvalue weighted by Crippen LogP contribution is 2.45. The molecule has 0 saturated carbocycles. The van der Waals surface area contributed by atoms with Crippen LogP contribution in [0.2, 0.25) is 0 Å². The molecule has 42 heavy (non-hydrogen) atoms. The van der Waals surface area contributed by atoms with Crippen LogP contribution in [0.25, 0.3) is 10.8 Å². The van der Waals surface area contributed by atoms with Gasteiger partial charge in [-0.15, -0.1) is 11.3 Å². The summed E-state index contributed by atoms with van der Waals surface area (Å²) in [5.41, 5.74) is 4.97. The molecule has 1 aromatic heterocycles. The molecule has 1 aliphatic rings. The maximum absolute atomic E-state index is 13.6. The van der Waals surface area contributed by atoms with Gasteiger partial charge in [-0.25, -0.2) is 4.99 Å². The molecule has 1 atom stereocenters. The van der Waals surface area contributed by atoms with E-state index in [0.717, 1.165) is 52.4 Å². The Bertz CT molecular complexity index is 1740. The minimum atomic E-state index is -0.0905. The third kappa shape index (κ3) is 6.17. The van der Waals surface area contributed by atoms with E-state index in [2.05, 4.69) is 68.6 Å². The molecule has 4 nitrogen and oxygen atoms in total. The van der Waals surface area contributed by atoms with Gasteiger partial charge in [0.15, 0.2) is 0 Å². The average molecular weight is 573 g/mol. The minimum absolute atomic E-state index is 0.0905. The van der Waals surface area contributed by atoms with Gasteiger partial charge in [-0.3, -0.25) is 4.79 Å². The molecule has 1 amide bonds. The van der Waals surface area contributed by atoms with Crippen molar-refractivity contribution in [3.05, 3.63) is 124 Å². The molecule has 4 aromatic carbocycles. The van der Waals surface area contributed by atoms with E-state index >= 15 is 0 Å². The number of carbonyl (C=O) groups excluding carboxylic acids is 1. The van der Waals surface area contributed by atoms with E-state index in [9.17, 15) is 4.79 Å². The first kappa shape index (κ1) is 27.9. The highest BCUT2D eigenvalue weighted by Gasteiger charge is 2.33. The van der Waals surface area contributed by atoms with Gasteiger partial charge in [-0.2, -0.15) is 0 Å². The summed E-state index contributed by atoms with van der Waals surface area (Å²) in [6.45, 7) is 7.42. The molecule has 5 heteroatoms. The van der Waals surface area contributed by atoms with Crippen LogP contribution >= 0.6 is 11.3 Å². The summed E-state index contributed by atoms with van der Waals surface area (Å²) >= 11 is 1.66. The zero-order valence-corrected chi connectivity index (χ0v) is 25.2. The number of rotatable bonds is 7. The molecule has 1 aliphatic carbocycles. The van der Waals surface area contributed by atoms with Crippen molar-refractivity contribution >= 4 is 44.9 Å². The molecule has 0 bridgehead atoms. The lowest BCUT2D eigenvalue weighted by molar-refractivity contribution is 0.102. The van der Waals surface area contributed by atoms with Gasteiger partial charge in [-0.05, 0) is 82.3 Å². The molecule has 0 aliphatic heterocycles. The SMILES string of the molecule is CC(C)(C)[C@@H]1CCc2c(sc(N=Cc3cccc(OCc4cccc5ccccc45)c3)c2C(=O)Nc2ccccc2)C1. The maximum Gasteiger partial charge on any atom is 0.259 e. The van der Waals surface area contributed by atoms with Crippen molar-refractivity contribution in [3.63, 3.8) is 0 Å². The van der Waals surface area contributed by atoms with Crippen LogP contribution in [-0.2, 0) is 19.4 Å². The van der Waals surface area contributed by atoms with Gasteiger partial charge in [0.05, 0.1) is 5.56 Å². The predicted molar refractivity (Wildman–Crippen MR) is 176 cm³/mol. The Morgan fingerprint density at radius 2 is 1.74 bits per heavy atom. The number of fused-ring (bicyclic) bond motifs is 2. The number of benzene rings is 4. The second-order valence-corrected chi connectivity index (χ2v) is 13.2. The van der Waals surface area contributed by atoms with Crippen LogP contribution in [0.15, 0.2) is 102 Å². The van der Waals surface area contributed by atoms with Crippen molar-refractivity contribution in [1.82, 2.24) is 0 Å². The fourth-order valence-electron chi connectivity index (χ4n) is 5.75. The zero-order valence-electron chi connectivity index (χ0n) is 24.4. The number of ether oxygens (including phenoxy) is 1. The number of nitrogens with one attached hydrogen (secondary N) is 1. The Balaban J connectivity index is 1.25. The summed E-state index contributed by atoms with van der Waals surface area (Å²) in [5.74, 6) is 1.28. The Labute approximate surface area is 252 Å². The van der Waals surface area contributed by atoms with Crippen molar-refractivity contribution in [3.8, 4) is 5.75 Å². The number of thiophene rings is 1. The molecular formula is C37H36N2O2S. The largest absolute Gasteiger partial charge is 0.489 e. The first-order valence-corrected chi connectivity index (χ1v) is 15.4. The van der Waals surface area contributed by atoms with Crippen LogP contribution in [-0.4, -0.2) is 12.1 Å². The highest BCUT2D eigenvalue weighted by atomic mass is 32.1. The summed E-state index contributed by atoms with van der Waals surface area (Å²) in [6, 6.07) is 32.3. The van der Waals surface area contributed by atoms with Gasteiger partial charge >= 0.3 is 0 Å². The van der Waals surface area contributed by atoms with Gasteiger partial charge in [-0.1, -0.05) is 93.6 Å². The van der Waals surface area contributed by atoms with E-state index in [1.165, 1.54) is 15.6 Å². The summed E-state index contributed by atoms with van der Waals surface area (Å²) in [7, 11) is 0. The topological polar surface area (TPSA) is 50.7 Å². The number of aliphatic imine (C=N–C) groups is 1. The summed E-state index contributed by atoms with van der Waals surface area (Å²) in [4.78, 5) is 19.8. The quantitative estimate of drug-likeness (QED) is 0.197. The smallest absolute Gasteiger partial charge is 0.259 e. The Morgan fingerprint density at radius 1 is 0.976 bits per heavy atom. The number of para-hydroxylation sites is 1. The zero-order chi connectivity index (χ0) is 29.1. The van der Waals surface area contributed by atoms with Crippen LogP contribution in [0.4, 0.5) is 10.7 Å². The van der Waals surface area contributed by atoms with Crippen LogP contribution in [0.1, 0.15) is 59.1 Å². The van der Waals surface area contributed by atoms with E-state index in [1.807, 2.05) is 60.8 Å². The molecule has 0 fully saturated rings. The van der Waals surface area contributed by atoms with E-state index < -0.39 is 0 Å². The monoisotopic (exact) mass is 572 g/mol. The standard InChI is InChI=1S/C37H36N2O2S/c1-37(2,3)28-19-20-32-33(22-28)42-36(34(32)35(40)39-29-15-5-4-6-16-29)38-23-25-11-9-17-30(21-25)41-24-27-14-10-13-26-12-7-8-18-31(26)27/h4-18,21,23,28H,19-20,22,24H2,1-3H3,(H,39,40)/t28-/m1/s1. The number of anilines is 1. The summed E-state index contributed by atoms with van der Waals surface area (Å²) in [6.07, 6.45) is 4.82. The molecular weight excluding hydrogens is 536 g/mol. The van der Waals surface area contributed by atoms with Crippen molar-refractivity contribution in [2.24, 2.45) is 16.3 Å². The maximum atomic E-state index is 13.6. The molecule has 0 saturated heterocycles.